The van der Waals surface area contributed by atoms with E-state index in [1.54, 1.807) is 19.2 Å². The van der Waals surface area contributed by atoms with Gasteiger partial charge in [0.2, 0.25) is 0 Å². The second-order valence-corrected chi connectivity index (χ2v) is 6.80. The molecule has 1 N–H and O–H groups in total. The van der Waals surface area contributed by atoms with Crippen molar-refractivity contribution in [3.05, 3.63) is 59.7 Å². The number of fused-ring (bicyclic) bond motifs is 1. The third-order valence-corrected chi connectivity index (χ3v) is 4.90. The first-order chi connectivity index (χ1) is 13.7. The Bertz CT molecular complexity index is 1120. The highest BCUT2D eigenvalue weighted by atomic mass is 32.1. The van der Waals surface area contributed by atoms with E-state index in [4.69, 9.17) is 13.9 Å². The molecule has 0 aliphatic carbocycles. The highest BCUT2D eigenvalue weighted by molar-refractivity contribution is 7.14. The van der Waals surface area contributed by atoms with E-state index in [0.717, 1.165) is 22.4 Å². The summed E-state index contributed by atoms with van der Waals surface area (Å²) in [4.78, 5) is 17.0. The number of hydrogen-bond acceptors (Lipinski definition) is 6. The number of nitrogens with zero attached hydrogens (tertiary/aromatic N) is 1. The molecule has 28 heavy (non-hydrogen) atoms. The van der Waals surface area contributed by atoms with Crippen molar-refractivity contribution in [2.24, 2.45) is 0 Å². The lowest BCUT2D eigenvalue weighted by atomic mass is 10.2. The van der Waals surface area contributed by atoms with Gasteiger partial charge in [-0.3, -0.25) is 10.1 Å². The van der Waals surface area contributed by atoms with Gasteiger partial charge in [-0.2, -0.15) is 0 Å². The zero-order chi connectivity index (χ0) is 19.5. The lowest BCUT2D eigenvalue weighted by Gasteiger charge is -2.03. The minimum atomic E-state index is -0.356. The van der Waals surface area contributed by atoms with Gasteiger partial charge in [-0.05, 0) is 43.3 Å². The Kier molecular flexibility index (Phi) is 4.99. The average Bonchev–Trinajstić information content (AvgIpc) is 3.35. The molecular formula is C21H18N2O4S. The first kappa shape index (κ1) is 18.1. The van der Waals surface area contributed by atoms with Crippen molar-refractivity contribution in [2.45, 2.75) is 6.92 Å². The fraction of sp³-hybridized carbons (Fsp3) is 0.143. The van der Waals surface area contributed by atoms with E-state index in [9.17, 15) is 4.79 Å². The van der Waals surface area contributed by atoms with Crippen molar-refractivity contribution >= 4 is 33.3 Å². The van der Waals surface area contributed by atoms with Crippen LogP contribution in [0.3, 0.4) is 0 Å². The maximum Gasteiger partial charge on any atom is 0.293 e. The van der Waals surface area contributed by atoms with Gasteiger partial charge in [0.25, 0.3) is 5.91 Å². The van der Waals surface area contributed by atoms with Crippen molar-refractivity contribution in [3.63, 3.8) is 0 Å². The Hall–Kier alpha value is -3.32. The lowest BCUT2D eigenvalue weighted by molar-refractivity contribution is 0.0998. The van der Waals surface area contributed by atoms with Crippen LogP contribution in [0.4, 0.5) is 5.13 Å². The Morgan fingerprint density at radius 3 is 2.79 bits per heavy atom. The summed E-state index contributed by atoms with van der Waals surface area (Å²) in [6.07, 6.45) is 0. The fourth-order valence-corrected chi connectivity index (χ4v) is 3.53. The normalized spacial score (nSPS) is 10.8. The maximum absolute atomic E-state index is 12.6. The number of anilines is 1. The second-order valence-electron chi connectivity index (χ2n) is 5.94. The van der Waals surface area contributed by atoms with Gasteiger partial charge >= 0.3 is 0 Å². The highest BCUT2D eigenvalue weighted by Gasteiger charge is 2.16. The molecule has 0 aliphatic rings. The minimum absolute atomic E-state index is 0.206. The number of para-hydroxylation sites is 1. The molecule has 0 fully saturated rings. The Balaban J connectivity index is 1.51. The number of carbonyl (C=O) groups is 1. The molecule has 6 nitrogen and oxygen atoms in total. The summed E-state index contributed by atoms with van der Waals surface area (Å²) >= 11 is 1.36. The molecule has 2 aromatic carbocycles. The van der Waals surface area contributed by atoms with Gasteiger partial charge in [0, 0.05) is 16.3 Å². The molecule has 7 heteroatoms. The Morgan fingerprint density at radius 1 is 1.21 bits per heavy atom. The smallest absolute Gasteiger partial charge is 0.293 e. The van der Waals surface area contributed by atoms with E-state index in [0.29, 0.717) is 23.1 Å². The van der Waals surface area contributed by atoms with Gasteiger partial charge < -0.3 is 13.9 Å². The van der Waals surface area contributed by atoms with E-state index in [2.05, 4.69) is 10.3 Å². The van der Waals surface area contributed by atoms with Crippen LogP contribution in [0.25, 0.3) is 22.2 Å². The number of aromatic nitrogens is 1. The molecule has 4 aromatic rings. The number of methoxy groups -OCH3 is 1. The van der Waals surface area contributed by atoms with Crippen LogP contribution in [0, 0.1) is 0 Å². The quantitative estimate of drug-likeness (QED) is 0.486. The third kappa shape index (κ3) is 3.57. The topological polar surface area (TPSA) is 73.6 Å². The number of amides is 1. The summed E-state index contributed by atoms with van der Waals surface area (Å²) in [6, 6.07) is 14.9. The number of benzene rings is 2. The summed E-state index contributed by atoms with van der Waals surface area (Å²) in [6.45, 7) is 2.57. The molecule has 0 bridgehead atoms. The zero-order valence-electron chi connectivity index (χ0n) is 15.4. The third-order valence-electron chi connectivity index (χ3n) is 4.14. The van der Waals surface area contributed by atoms with Crippen LogP contribution in [0.2, 0.25) is 0 Å². The standard InChI is InChI=1S/C21H18N2O4S/c1-3-26-15-9-7-13(8-10-15)16-12-28-21(22-16)23-20(24)18-11-14-5-4-6-17(25-2)19(14)27-18/h4-12H,3H2,1-2H3,(H,22,23,24). The predicted octanol–water partition coefficient (Wildman–Crippen LogP) is 5.22. The van der Waals surface area contributed by atoms with Crippen molar-refractivity contribution in [1.29, 1.82) is 0 Å². The lowest BCUT2D eigenvalue weighted by Crippen LogP contribution is -2.10. The number of thiazole rings is 1. The summed E-state index contributed by atoms with van der Waals surface area (Å²) in [5.41, 5.74) is 2.28. The van der Waals surface area contributed by atoms with Gasteiger partial charge in [0.1, 0.15) is 5.75 Å². The summed E-state index contributed by atoms with van der Waals surface area (Å²) in [7, 11) is 1.56. The van der Waals surface area contributed by atoms with Gasteiger partial charge in [0.15, 0.2) is 22.2 Å². The van der Waals surface area contributed by atoms with E-state index >= 15 is 0 Å². The van der Waals surface area contributed by atoms with Crippen molar-refractivity contribution in [2.75, 3.05) is 19.0 Å². The monoisotopic (exact) mass is 394 g/mol. The molecule has 0 saturated heterocycles. The summed E-state index contributed by atoms with van der Waals surface area (Å²) in [5, 5.41) is 5.99. The molecule has 1 amide bonds. The predicted molar refractivity (Wildman–Crippen MR) is 109 cm³/mol. The molecule has 0 atom stereocenters. The van der Waals surface area contributed by atoms with Gasteiger partial charge in [0.05, 0.1) is 19.4 Å². The zero-order valence-corrected chi connectivity index (χ0v) is 16.2. The van der Waals surface area contributed by atoms with Crippen molar-refractivity contribution in [3.8, 4) is 22.8 Å². The molecule has 4 rings (SSSR count). The van der Waals surface area contributed by atoms with Crippen LogP contribution >= 0.6 is 11.3 Å². The Labute approximate surface area is 165 Å². The van der Waals surface area contributed by atoms with E-state index in [1.807, 2.05) is 48.7 Å². The number of rotatable bonds is 6. The van der Waals surface area contributed by atoms with E-state index in [1.165, 1.54) is 11.3 Å². The van der Waals surface area contributed by atoms with Crippen LogP contribution < -0.4 is 14.8 Å². The summed E-state index contributed by atoms with van der Waals surface area (Å²) in [5.74, 6) is 1.25. The SMILES string of the molecule is CCOc1ccc(-c2csc(NC(=O)c3cc4cccc(OC)c4o3)n2)cc1. The van der Waals surface area contributed by atoms with Crippen LogP contribution in [0.5, 0.6) is 11.5 Å². The van der Waals surface area contributed by atoms with Crippen molar-refractivity contribution in [1.82, 2.24) is 4.98 Å². The van der Waals surface area contributed by atoms with Crippen LogP contribution in [0.1, 0.15) is 17.5 Å². The number of furan rings is 1. The fourth-order valence-electron chi connectivity index (χ4n) is 2.82. The van der Waals surface area contributed by atoms with E-state index in [-0.39, 0.29) is 11.7 Å². The average molecular weight is 394 g/mol. The number of nitrogens with one attached hydrogen (secondary N) is 1. The first-order valence-corrected chi connectivity index (χ1v) is 9.62. The molecule has 2 heterocycles. The molecule has 0 radical (unpaired) electrons. The Morgan fingerprint density at radius 2 is 2.04 bits per heavy atom. The number of carbonyl (C=O) groups excluding carboxylic acids is 1. The molecule has 0 aliphatic heterocycles. The van der Waals surface area contributed by atoms with Crippen LogP contribution in [0.15, 0.2) is 58.3 Å². The van der Waals surface area contributed by atoms with Crippen LogP contribution in [-0.2, 0) is 0 Å². The minimum Gasteiger partial charge on any atom is -0.494 e. The van der Waals surface area contributed by atoms with Crippen LogP contribution in [-0.4, -0.2) is 24.6 Å². The molecule has 142 valence electrons. The van der Waals surface area contributed by atoms with Crippen molar-refractivity contribution < 1.29 is 18.7 Å². The first-order valence-electron chi connectivity index (χ1n) is 8.74. The summed E-state index contributed by atoms with van der Waals surface area (Å²) < 4.78 is 16.4. The van der Waals surface area contributed by atoms with E-state index < -0.39 is 0 Å². The molecular weight excluding hydrogens is 376 g/mol. The number of ether oxygens (including phenoxy) is 2. The van der Waals surface area contributed by atoms with Gasteiger partial charge in [-0.15, -0.1) is 11.3 Å². The molecule has 0 unspecified atom stereocenters. The molecule has 0 spiro atoms. The second kappa shape index (κ2) is 7.74. The maximum atomic E-state index is 12.6. The van der Waals surface area contributed by atoms with Gasteiger partial charge in [-0.1, -0.05) is 12.1 Å². The largest absolute Gasteiger partial charge is 0.494 e. The van der Waals surface area contributed by atoms with Gasteiger partial charge in [-0.25, -0.2) is 4.98 Å². The number of hydrogen-bond donors (Lipinski definition) is 1. The molecule has 2 aromatic heterocycles. The molecule has 0 saturated carbocycles. The highest BCUT2D eigenvalue weighted by Crippen LogP contribution is 2.30.